The predicted octanol–water partition coefficient (Wildman–Crippen LogP) is 2.21. The fraction of sp³-hybridized carbons (Fsp3) is 0.600. The molecule has 2 aliphatic rings. The molecule has 0 amide bonds. The van der Waals surface area contributed by atoms with Gasteiger partial charge in [0.05, 0.1) is 0 Å². The third-order valence-electron chi connectivity index (χ3n) is 4.11. The van der Waals surface area contributed by atoms with Crippen LogP contribution in [-0.2, 0) is 0 Å². The molecule has 2 aliphatic heterocycles. The van der Waals surface area contributed by atoms with Gasteiger partial charge < -0.3 is 4.90 Å². The highest BCUT2D eigenvalue weighted by Gasteiger charge is 2.23. The van der Waals surface area contributed by atoms with Crippen LogP contribution in [0.2, 0.25) is 0 Å². The van der Waals surface area contributed by atoms with E-state index in [0.29, 0.717) is 0 Å². The second-order valence-corrected chi connectivity index (χ2v) is 5.29. The number of hydrogen-bond donors (Lipinski definition) is 0. The van der Waals surface area contributed by atoms with E-state index < -0.39 is 0 Å². The molecule has 0 aromatic heterocycles. The van der Waals surface area contributed by atoms with Crippen molar-refractivity contribution in [2.45, 2.75) is 19.3 Å². The third kappa shape index (κ3) is 2.68. The van der Waals surface area contributed by atoms with Crippen molar-refractivity contribution >= 4 is 5.69 Å². The molecule has 0 unspecified atom stereocenters. The number of benzene rings is 1. The first kappa shape index (κ1) is 12.0. The molecule has 1 aromatic carbocycles. The lowest BCUT2D eigenvalue weighted by molar-refractivity contribution is -0.0427. The van der Waals surface area contributed by atoms with E-state index in [1.807, 2.05) is 0 Å². The normalized spacial score (nSPS) is 23.2. The Bertz CT molecular complexity index is 351. The first-order chi connectivity index (χ1) is 8.93. The van der Waals surface area contributed by atoms with Gasteiger partial charge in [0.1, 0.15) is 0 Å². The average Bonchev–Trinajstić information content (AvgIpc) is 2.49. The lowest BCUT2D eigenvalue weighted by Crippen LogP contribution is -2.55. The van der Waals surface area contributed by atoms with Gasteiger partial charge in [0.25, 0.3) is 0 Å². The molecule has 0 bridgehead atoms. The van der Waals surface area contributed by atoms with Crippen LogP contribution in [0.15, 0.2) is 30.3 Å². The highest BCUT2D eigenvalue weighted by atomic mass is 15.6. The van der Waals surface area contributed by atoms with E-state index in [2.05, 4.69) is 45.2 Å². The van der Waals surface area contributed by atoms with Crippen molar-refractivity contribution in [1.82, 2.24) is 10.0 Å². The van der Waals surface area contributed by atoms with E-state index in [1.165, 1.54) is 51.1 Å². The lowest BCUT2D eigenvalue weighted by atomic mass is 10.1. The highest BCUT2D eigenvalue weighted by molar-refractivity contribution is 5.46. The standard InChI is InChI=1S/C15H23N3/c1-3-7-15(8-4-1)16-11-13-18(14-12-16)17-9-5-2-6-10-17/h1,3-4,7-8H,2,5-6,9-14H2. The maximum atomic E-state index is 2.58. The Hall–Kier alpha value is -1.06. The molecule has 3 nitrogen and oxygen atoms in total. The number of anilines is 1. The molecular formula is C15H23N3. The van der Waals surface area contributed by atoms with Crippen molar-refractivity contribution < 1.29 is 0 Å². The van der Waals surface area contributed by atoms with E-state index in [4.69, 9.17) is 0 Å². The zero-order valence-electron chi connectivity index (χ0n) is 11.1. The van der Waals surface area contributed by atoms with E-state index in [9.17, 15) is 0 Å². The largest absolute Gasteiger partial charge is 0.369 e. The monoisotopic (exact) mass is 245 g/mol. The first-order valence-electron chi connectivity index (χ1n) is 7.23. The van der Waals surface area contributed by atoms with Gasteiger partial charge in [-0.3, -0.25) is 0 Å². The summed E-state index contributed by atoms with van der Waals surface area (Å²) >= 11 is 0. The van der Waals surface area contributed by atoms with Crippen LogP contribution in [0.4, 0.5) is 5.69 Å². The second kappa shape index (κ2) is 5.72. The summed E-state index contributed by atoms with van der Waals surface area (Å²) in [5.41, 5.74) is 1.37. The van der Waals surface area contributed by atoms with Gasteiger partial charge in [-0.05, 0) is 25.0 Å². The van der Waals surface area contributed by atoms with E-state index in [0.717, 1.165) is 13.1 Å². The summed E-state index contributed by atoms with van der Waals surface area (Å²) in [6.07, 6.45) is 4.16. The second-order valence-electron chi connectivity index (χ2n) is 5.29. The van der Waals surface area contributed by atoms with Crippen molar-refractivity contribution in [3.05, 3.63) is 30.3 Å². The fourth-order valence-corrected chi connectivity index (χ4v) is 3.04. The van der Waals surface area contributed by atoms with Crippen LogP contribution in [0, 0.1) is 0 Å². The molecule has 0 spiro atoms. The van der Waals surface area contributed by atoms with E-state index in [-0.39, 0.29) is 0 Å². The van der Waals surface area contributed by atoms with Gasteiger partial charge in [-0.1, -0.05) is 24.6 Å². The maximum absolute atomic E-state index is 2.58. The molecule has 0 radical (unpaired) electrons. The molecule has 98 valence electrons. The summed E-state index contributed by atoms with van der Waals surface area (Å²) in [6.45, 7) is 7.20. The lowest BCUT2D eigenvalue weighted by Gasteiger charge is -2.43. The predicted molar refractivity (Wildman–Crippen MR) is 75.7 cm³/mol. The quantitative estimate of drug-likeness (QED) is 0.791. The van der Waals surface area contributed by atoms with Crippen LogP contribution < -0.4 is 4.90 Å². The van der Waals surface area contributed by atoms with Crippen molar-refractivity contribution in [3.63, 3.8) is 0 Å². The fourth-order valence-electron chi connectivity index (χ4n) is 3.04. The molecule has 3 heteroatoms. The minimum atomic E-state index is 1.15. The topological polar surface area (TPSA) is 9.72 Å². The van der Waals surface area contributed by atoms with Gasteiger partial charge in [0.15, 0.2) is 0 Å². The zero-order valence-corrected chi connectivity index (χ0v) is 11.1. The number of hydrazine groups is 1. The third-order valence-corrected chi connectivity index (χ3v) is 4.11. The average molecular weight is 245 g/mol. The van der Waals surface area contributed by atoms with Gasteiger partial charge in [-0.15, -0.1) is 0 Å². The molecule has 0 atom stereocenters. The Labute approximate surface area is 110 Å². The molecule has 18 heavy (non-hydrogen) atoms. The van der Waals surface area contributed by atoms with Gasteiger partial charge in [0, 0.05) is 45.0 Å². The highest BCUT2D eigenvalue weighted by Crippen LogP contribution is 2.18. The van der Waals surface area contributed by atoms with Crippen molar-refractivity contribution in [2.75, 3.05) is 44.2 Å². The first-order valence-corrected chi connectivity index (χ1v) is 7.23. The van der Waals surface area contributed by atoms with Crippen molar-refractivity contribution in [3.8, 4) is 0 Å². The number of hydrogen-bond acceptors (Lipinski definition) is 3. The molecule has 2 fully saturated rings. The number of piperidine rings is 1. The molecular weight excluding hydrogens is 222 g/mol. The summed E-state index contributed by atoms with van der Waals surface area (Å²) < 4.78 is 0. The van der Waals surface area contributed by atoms with Crippen molar-refractivity contribution in [2.24, 2.45) is 0 Å². The molecule has 0 aliphatic carbocycles. The Morgan fingerprint density at radius 2 is 1.22 bits per heavy atom. The zero-order chi connectivity index (χ0) is 12.2. The summed E-state index contributed by atoms with van der Waals surface area (Å²) in [5, 5.41) is 5.14. The maximum Gasteiger partial charge on any atom is 0.0367 e. The number of rotatable bonds is 2. The number of nitrogens with zero attached hydrogens (tertiary/aromatic N) is 3. The Kier molecular flexibility index (Phi) is 3.81. The summed E-state index contributed by atoms with van der Waals surface area (Å²) in [4.78, 5) is 2.50. The molecule has 2 saturated heterocycles. The molecule has 0 N–H and O–H groups in total. The van der Waals surface area contributed by atoms with E-state index >= 15 is 0 Å². The van der Waals surface area contributed by atoms with Gasteiger partial charge in [-0.25, -0.2) is 10.0 Å². The number of para-hydroxylation sites is 1. The molecule has 2 heterocycles. The molecule has 1 aromatic rings. The summed E-state index contributed by atoms with van der Waals surface area (Å²) in [6, 6.07) is 10.8. The van der Waals surface area contributed by atoms with Crippen LogP contribution in [0.25, 0.3) is 0 Å². The van der Waals surface area contributed by atoms with Crippen LogP contribution in [0.5, 0.6) is 0 Å². The summed E-state index contributed by atoms with van der Waals surface area (Å²) in [5.74, 6) is 0. The van der Waals surface area contributed by atoms with Gasteiger partial charge in [0.2, 0.25) is 0 Å². The van der Waals surface area contributed by atoms with Crippen molar-refractivity contribution in [1.29, 1.82) is 0 Å². The van der Waals surface area contributed by atoms with Crippen LogP contribution in [0.1, 0.15) is 19.3 Å². The van der Waals surface area contributed by atoms with Gasteiger partial charge >= 0.3 is 0 Å². The van der Waals surface area contributed by atoms with Crippen LogP contribution in [-0.4, -0.2) is 49.3 Å². The molecule has 3 rings (SSSR count). The summed E-state index contributed by atoms with van der Waals surface area (Å²) in [7, 11) is 0. The number of piperazine rings is 1. The Balaban J connectivity index is 1.54. The minimum absolute atomic E-state index is 1.15. The molecule has 0 saturated carbocycles. The van der Waals surface area contributed by atoms with Crippen LogP contribution in [0.3, 0.4) is 0 Å². The minimum Gasteiger partial charge on any atom is -0.369 e. The smallest absolute Gasteiger partial charge is 0.0367 e. The Morgan fingerprint density at radius 1 is 0.611 bits per heavy atom. The van der Waals surface area contributed by atoms with E-state index in [1.54, 1.807) is 0 Å². The Morgan fingerprint density at radius 3 is 1.89 bits per heavy atom. The van der Waals surface area contributed by atoms with Gasteiger partial charge in [-0.2, -0.15) is 0 Å². The SMILES string of the molecule is c1ccc(N2CCN(N3CCCCC3)CC2)cc1. The van der Waals surface area contributed by atoms with Crippen LogP contribution >= 0.6 is 0 Å².